The van der Waals surface area contributed by atoms with E-state index in [1.165, 1.54) is 0 Å². The van der Waals surface area contributed by atoms with Crippen LogP contribution in [0.25, 0.3) is 0 Å². The fourth-order valence-corrected chi connectivity index (χ4v) is 1.63. The van der Waals surface area contributed by atoms with Gasteiger partial charge < -0.3 is 9.73 Å². The molecule has 2 aromatic heterocycles. The molecule has 2 aromatic rings. The lowest BCUT2D eigenvalue weighted by atomic mass is 10.3. The summed E-state index contributed by atoms with van der Waals surface area (Å²) in [6.07, 6.45) is 5.29. The Morgan fingerprint density at radius 2 is 2.33 bits per heavy atom. The normalized spacial score (nSPS) is 10.3. The van der Waals surface area contributed by atoms with Gasteiger partial charge in [0.05, 0.1) is 23.0 Å². The van der Waals surface area contributed by atoms with E-state index in [1.54, 1.807) is 12.5 Å². The maximum atomic E-state index is 5.29. The van der Waals surface area contributed by atoms with Crippen LogP contribution in [0.5, 0.6) is 0 Å². The van der Waals surface area contributed by atoms with Crippen molar-refractivity contribution < 1.29 is 4.42 Å². The lowest BCUT2D eigenvalue weighted by Crippen LogP contribution is -1.99. The largest absolute Gasteiger partial charge is 0.466 e. The highest BCUT2D eigenvalue weighted by Gasteiger charge is 2.02. The first-order valence-electron chi connectivity index (χ1n) is 4.63. The number of pyridine rings is 1. The topological polar surface area (TPSA) is 38.1 Å². The summed E-state index contributed by atoms with van der Waals surface area (Å²) in [6, 6.07) is 3.93. The van der Waals surface area contributed by atoms with Gasteiger partial charge in [0.25, 0.3) is 0 Å². The third-order valence-electron chi connectivity index (χ3n) is 2.02. The Balaban J connectivity index is 2.02. The molecule has 0 aliphatic carbocycles. The van der Waals surface area contributed by atoms with E-state index in [0.717, 1.165) is 21.5 Å². The van der Waals surface area contributed by atoms with E-state index in [2.05, 4.69) is 26.2 Å². The lowest BCUT2D eigenvalue weighted by molar-refractivity contribution is 0.516. The molecule has 0 amide bonds. The number of aryl methyl sites for hydroxylation is 1. The molecule has 0 aliphatic heterocycles. The Labute approximate surface area is 96.6 Å². The first-order chi connectivity index (χ1) is 7.25. The number of hydrogen-bond donors (Lipinski definition) is 1. The third kappa shape index (κ3) is 2.59. The molecular weight excluding hydrogens is 256 g/mol. The molecule has 2 rings (SSSR count). The molecule has 78 valence electrons. The quantitative estimate of drug-likeness (QED) is 0.926. The van der Waals surface area contributed by atoms with Crippen molar-refractivity contribution in [3.8, 4) is 0 Å². The maximum absolute atomic E-state index is 5.29. The minimum absolute atomic E-state index is 0.652. The van der Waals surface area contributed by atoms with Gasteiger partial charge >= 0.3 is 0 Å². The van der Waals surface area contributed by atoms with Crippen LogP contribution in [0.2, 0.25) is 0 Å². The van der Waals surface area contributed by atoms with Crippen LogP contribution in [0.1, 0.15) is 11.3 Å². The Kier molecular flexibility index (Phi) is 3.06. The molecule has 1 N–H and O–H groups in total. The van der Waals surface area contributed by atoms with Gasteiger partial charge in [0.2, 0.25) is 0 Å². The molecule has 0 bridgehead atoms. The summed E-state index contributed by atoms with van der Waals surface area (Å²) in [5.74, 6) is 0.886. The molecule has 0 fully saturated rings. The van der Waals surface area contributed by atoms with Crippen LogP contribution in [0.15, 0.2) is 39.7 Å². The van der Waals surface area contributed by atoms with Crippen LogP contribution in [0.4, 0.5) is 5.69 Å². The molecule has 0 aliphatic rings. The molecule has 0 spiro atoms. The summed E-state index contributed by atoms with van der Waals surface area (Å²) in [4.78, 5) is 4.10. The molecule has 0 saturated heterocycles. The minimum atomic E-state index is 0.652. The van der Waals surface area contributed by atoms with E-state index >= 15 is 0 Å². The zero-order valence-electron chi connectivity index (χ0n) is 8.33. The number of aromatic nitrogens is 1. The van der Waals surface area contributed by atoms with Gasteiger partial charge in [0, 0.05) is 12.4 Å². The van der Waals surface area contributed by atoms with Crippen molar-refractivity contribution in [2.75, 3.05) is 5.32 Å². The summed E-state index contributed by atoms with van der Waals surface area (Å²) in [7, 11) is 0. The molecule has 0 unspecified atom stereocenters. The van der Waals surface area contributed by atoms with E-state index in [4.69, 9.17) is 4.42 Å². The van der Waals surface area contributed by atoms with Gasteiger partial charge in [-0.3, -0.25) is 4.98 Å². The van der Waals surface area contributed by atoms with Gasteiger partial charge in [0.15, 0.2) is 0 Å². The molecule has 15 heavy (non-hydrogen) atoms. The number of furan rings is 1. The second-order valence-corrected chi connectivity index (χ2v) is 4.15. The van der Waals surface area contributed by atoms with Crippen LogP contribution in [-0.4, -0.2) is 4.98 Å². The fraction of sp³-hybridized carbons (Fsp3) is 0.182. The number of anilines is 1. The summed E-state index contributed by atoms with van der Waals surface area (Å²) in [5.41, 5.74) is 2.14. The van der Waals surface area contributed by atoms with Crippen molar-refractivity contribution in [1.82, 2.24) is 4.98 Å². The van der Waals surface area contributed by atoms with Crippen LogP contribution in [0, 0.1) is 6.92 Å². The van der Waals surface area contributed by atoms with Crippen molar-refractivity contribution in [2.24, 2.45) is 0 Å². The van der Waals surface area contributed by atoms with E-state index in [-0.39, 0.29) is 0 Å². The Morgan fingerprint density at radius 1 is 1.47 bits per heavy atom. The van der Waals surface area contributed by atoms with Crippen LogP contribution < -0.4 is 5.32 Å². The minimum Gasteiger partial charge on any atom is -0.466 e. The lowest BCUT2D eigenvalue weighted by Gasteiger charge is -2.04. The fourth-order valence-electron chi connectivity index (χ4n) is 1.29. The Bertz CT molecular complexity index is 453. The molecule has 2 heterocycles. The average Bonchev–Trinajstić information content (AvgIpc) is 2.61. The zero-order valence-corrected chi connectivity index (χ0v) is 9.91. The summed E-state index contributed by atoms with van der Waals surface area (Å²) >= 11 is 3.40. The highest BCUT2D eigenvalue weighted by Crippen LogP contribution is 2.18. The number of nitrogens with one attached hydrogen (secondary N) is 1. The van der Waals surface area contributed by atoms with E-state index in [0.29, 0.717) is 6.54 Å². The average molecular weight is 267 g/mol. The molecular formula is C11H11BrN2O. The highest BCUT2D eigenvalue weighted by molar-refractivity contribution is 9.10. The Morgan fingerprint density at radius 3 is 3.00 bits per heavy atom. The number of hydrogen-bond acceptors (Lipinski definition) is 3. The molecule has 0 saturated carbocycles. The van der Waals surface area contributed by atoms with Crippen LogP contribution in [-0.2, 0) is 6.54 Å². The molecule has 0 radical (unpaired) electrons. The van der Waals surface area contributed by atoms with E-state index in [9.17, 15) is 0 Å². The smallest absolute Gasteiger partial charge is 0.136 e. The van der Waals surface area contributed by atoms with E-state index < -0.39 is 0 Å². The number of halogens is 1. The van der Waals surface area contributed by atoms with Crippen molar-refractivity contribution in [3.63, 3.8) is 0 Å². The van der Waals surface area contributed by atoms with Gasteiger partial charge in [-0.05, 0) is 40.5 Å². The second kappa shape index (κ2) is 4.49. The maximum Gasteiger partial charge on any atom is 0.136 e. The van der Waals surface area contributed by atoms with Crippen molar-refractivity contribution in [3.05, 3.63) is 46.6 Å². The van der Waals surface area contributed by atoms with Crippen molar-refractivity contribution in [1.29, 1.82) is 0 Å². The SMILES string of the molecule is Cc1cncc(NCc2occc2Br)c1. The predicted octanol–water partition coefficient (Wildman–Crippen LogP) is 3.36. The molecule has 3 nitrogen and oxygen atoms in total. The second-order valence-electron chi connectivity index (χ2n) is 3.30. The number of nitrogens with zero attached hydrogens (tertiary/aromatic N) is 1. The molecule has 0 aromatic carbocycles. The Hall–Kier alpha value is -1.29. The summed E-state index contributed by atoms with van der Waals surface area (Å²) in [6.45, 7) is 2.67. The molecule has 0 atom stereocenters. The first-order valence-corrected chi connectivity index (χ1v) is 5.42. The van der Waals surface area contributed by atoms with Gasteiger partial charge in [0.1, 0.15) is 5.76 Å². The van der Waals surface area contributed by atoms with Gasteiger partial charge in [-0.2, -0.15) is 0 Å². The van der Waals surface area contributed by atoms with Crippen LogP contribution in [0.3, 0.4) is 0 Å². The van der Waals surface area contributed by atoms with Crippen molar-refractivity contribution >= 4 is 21.6 Å². The van der Waals surface area contributed by atoms with E-state index in [1.807, 2.05) is 25.3 Å². The molecule has 4 heteroatoms. The monoisotopic (exact) mass is 266 g/mol. The standard InChI is InChI=1S/C11H11BrN2O/c1-8-4-9(6-13-5-8)14-7-11-10(12)2-3-15-11/h2-6,14H,7H2,1H3. The number of rotatable bonds is 3. The van der Waals surface area contributed by atoms with Gasteiger partial charge in [-0.15, -0.1) is 0 Å². The van der Waals surface area contributed by atoms with Crippen molar-refractivity contribution in [2.45, 2.75) is 13.5 Å². The first kappa shape index (κ1) is 10.2. The summed E-state index contributed by atoms with van der Waals surface area (Å²) < 4.78 is 6.27. The highest BCUT2D eigenvalue weighted by atomic mass is 79.9. The summed E-state index contributed by atoms with van der Waals surface area (Å²) in [5, 5.41) is 3.24. The van der Waals surface area contributed by atoms with Gasteiger partial charge in [-0.25, -0.2) is 0 Å². The van der Waals surface area contributed by atoms with Gasteiger partial charge in [-0.1, -0.05) is 0 Å². The third-order valence-corrected chi connectivity index (χ3v) is 2.73. The predicted molar refractivity (Wildman–Crippen MR) is 62.7 cm³/mol. The van der Waals surface area contributed by atoms with Crippen LogP contribution >= 0.6 is 15.9 Å². The zero-order chi connectivity index (χ0) is 10.7.